The second kappa shape index (κ2) is 8.68. The van der Waals surface area contributed by atoms with E-state index in [1.165, 1.54) is 5.56 Å². The highest BCUT2D eigenvalue weighted by Crippen LogP contribution is 2.36. The van der Waals surface area contributed by atoms with Crippen LogP contribution in [0.2, 0.25) is 0 Å². The van der Waals surface area contributed by atoms with Gasteiger partial charge in [0.1, 0.15) is 5.75 Å². The van der Waals surface area contributed by atoms with Gasteiger partial charge in [0.2, 0.25) is 0 Å². The summed E-state index contributed by atoms with van der Waals surface area (Å²) in [6.07, 6.45) is 0.977. The van der Waals surface area contributed by atoms with Crippen molar-refractivity contribution in [1.29, 1.82) is 0 Å². The highest BCUT2D eigenvalue weighted by atomic mass is 79.9. The van der Waals surface area contributed by atoms with Gasteiger partial charge in [-0.1, -0.05) is 46.3 Å². The summed E-state index contributed by atoms with van der Waals surface area (Å²) >= 11 is 3.54. The Bertz CT molecular complexity index is 632. The summed E-state index contributed by atoms with van der Waals surface area (Å²) in [6, 6.07) is 17.2. The van der Waals surface area contributed by atoms with Gasteiger partial charge in [-0.25, -0.2) is 0 Å². The minimum atomic E-state index is 0.184. The van der Waals surface area contributed by atoms with Crippen LogP contribution < -0.4 is 0 Å². The van der Waals surface area contributed by atoms with Crippen LogP contribution in [0.25, 0.3) is 0 Å². The van der Waals surface area contributed by atoms with E-state index >= 15 is 0 Å². The summed E-state index contributed by atoms with van der Waals surface area (Å²) < 4.78 is 1.00. The lowest BCUT2D eigenvalue weighted by molar-refractivity contribution is 0.170. The molecule has 0 spiro atoms. The Labute approximate surface area is 154 Å². The molecular formula is C21H28BrNO. The maximum Gasteiger partial charge on any atom is 0.119 e. The molecule has 0 aromatic heterocycles. The number of rotatable bonds is 7. The van der Waals surface area contributed by atoms with E-state index in [0.717, 1.165) is 23.0 Å². The molecule has 1 N–H and O–H groups in total. The smallest absolute Gasteiger partial charge is 0.119 e. The lowest BCUT2D eigenvalue weighted by atomic mass is 9.87. The molecule has 0 radical (unpaired) electrons. The molecule has 2 rings (SSSR count). The highest BCUT2D eigenvalue weighted by molar-refractivity contribution is 9.10. The third-order valence-corrected chi connectivity index (χ3v) is 5.06. The van der Waals surface area contributed by atoms with Crippen LogP contribution in [-0.4, -0.2) is 28.6 Å². The fraction of sp³-hybridized carbons (Fsp3) is 0.429. The zero-order chi connectivity index (χ0) is 17.7. The van der Waals surface area contributed by atoms with Crippen molar-refractivity contribution in [2.75, 3.05) is 6.54 Å². The molecule has 0 fully saturated rings. The lowest BCUT2D eigenvalue weighted by Gasteiger charge is -2.32. The summed E-state index contributed by atoms with van der Waals surface area (Å²) in [5, 5.41) is 10.4. The van der Waals surface area contributed by atoms with E-state index < -0.39 is 0 Å². The van der Waals surface area contributed by atoms with E-state index in [9.17, 15) is 5.11 Å². The Morgan fingerprint density at radius 3 is 2.17 bits per heavy atom. The zero-order valence-electron chi connectivity index (χ0n) is 15.0. The fourth-order valence-electron chi connectivity index (χ4n) is 3.38. The third-order valence-electron chi connectivity index (χ3n) is 4.57. The quantitative estimate of drug-likeness (QED) is 0.646. The maximum absolute atomic E-state index is 10.4. The predicted octanol–water partition coefficient (Wildman–Crippen LogP) is 5.80. The molecule has 1 atom stereocenters. The number of hydrogen-bond acceptors (Lipinski definition) is 2. The zero-order valence-corrected chi connectivity index (χ0v) is 16.6. The summed E-state index contributed by atoms with van der Waals surface area (Å²) in [7, 11) is 0. The fourth-order valence-corrected chi connectivity index (χ4v) is 3.76. The summed E-state index contributed by atoms with van der Waals surface area (Å²) in [5.74, 6) is 0.552. The first-order valence-corrected chi connectivity index (χ1v) is 9.48. The van der Waals surface area contributed by atoms with Gasteiger partial charge < -0.3 is 5.11 Å². The molecule has 2 aromatic carbocycles. The SMILES string of the molecule is CC(C)N(CC[C@H](c1ccccc1)c1cc(Br)ccc1O)C(C)C. The van der Waals surface area contributed by atoms with Crippen LogP contribution in [0, 0.1) is 0 Å². The van der Waals surface area contributed by atoms with Gasteiger partial charge in [-0.05, 0) is 64.4 Å². The molecule has 0 bridgehead atoms. The van der Waals surface area contributed by atoms with Crippen LogP contribution >= 0.6 is 15.9 Å². The third kappa shape index (κ3) is 4.84. The Hall–Kier alpha value is -1.32. The van der Waals surface area contributed by atoms with Crippen LogP contribution in [-0.2, 0) is 0 Å². The van der Waals surface area contributed by atoms with Crippen LogP contribution in [0.1, 0.15) is 51.2 Å². The largest absolute Gasteiger partial charge is 0.508 e. The van der Waals surface area contributed by atoms with Crippen molar-refractivity contribution in [3.05, 3.63) is 64.1 Å². The van der Waals surface area contributed by atoms with Crippen molar-refractivity contribution in [3.8, 4) is 5.75 Å². The Morgan fingerprint density at radius 1 is 0.958 bits per heavy atom. The first kappa shape index (κ1) is 19.0. The molecule has 0 aliphatic carbocycles. The van der Waals surface area contributed by atoms with Crippen LogP contribution in [0.5, 0.6) is 5.75 Å². The molecular weight excluding hydrogens is 362 g/mol. The maximum atomic E-state index is 10.4. The normalized spacial score (nSPS) is 13.0. The van der Waals surface area contributed by atoms with Crippen molar-refractivity contribution in [2.45, 2.75) is 52.1 Å². The first-order valence-electron chi connectivity index (χ1n) is 8.69. The number of benzene rings is 2. The van der Waals surface area contributed by atoms with Crippen molar-refractivity contribution in [1.82, 2.24) is 4.90 Å². The first-order chi connectivity index (χ1) is 11.4. The Kier molecular flexibility index (Phi) is 6.88. The van der Waals surface area contributed by atoms with E-state index in [2.05, 4.69) is 72.8 Å². The van der Waals surface area contributed by atoms with Gasteiger partial charge in [-0.3, -0.25) is 4.90 Å². The van der Waals surface area contributed by atoms with Crippen molar-refractivity contribution < 1.29 is 5.11 Å². The molecule has 0 unspecified atom stereocenters. The Balaban J connectivity index is 2.32. The van der Waals surface area contributed by atoms with Gasteiger partial charge in [-0.15, -0.1) is 0 Å². The van der Waals surface area contributed by atoms with Crippen molar-refractivity contribution in [3.63, 3.8) is 0 Å². The highest BCUT2D eigenvalue weighted by Gasteiger charge is 2.21. The molecule has 2 nitrogen and oxygen atoms in total. The molecule has 0 aliphatic heterocycles. The Morgan fingerprint density at radius 2 is 1.58 bits per heavy atom. The van der Waals surface area contributed by atoms with Gasteiger partial charge in [-0.2, -0.15) is 0 Å². The summed E-state index contributed by atoms with van der Waals surface area (Å²) in [6.45, 7) is 9.98. The molecule has 0 saturated carbocycles. The summed E-state index contributed by atoms with van der Waals surface area (Å²) in [4.78, 5) is 2.50. The second-order valence-corrected chi connectivity index (χ2v) is 7.80. The van der Waals surface area contributed by atoms with Crippen molar-refractivity contribution in [2.24, 2.45) is 0 Å². The second-order valence-electron chi connectivity index (χ2n) is 6.88. The molecule has 0 aliphatic rings. The molecule has 2 aromatic rings. The van der Waals surface area contributed by atoms with Crippen molar-refractivity contribution >= 4 is 15.9 Å². The predicted molar refractivity (Wildman–Crippen MR) is 106 cm³/mol. The molecule has 24 heavy (non-hydrogen) atoms. The topological polar surface area (TPSA) is 23.5 Å². The average Bonchev–Trinajstić information content (AvgIpc) is 2.54. The number of aromatic hydroxyl groups is 1. The van der Waals surface area contributed by atoms with Gasteiger partial charge >= 0.3 is 0 Å². The molecule has 0 amide bonds. The van der Waals surface area contributed by atoms with Gasteiger partial charge in [0, 0.05) is 28.0 Å². The van der Waals surface area contributed by atoms with E-state index in [1.54, 1.807) is 6.07 Å². The minimum Gasteiger partial charge on any atom is -0.508 e. The number of phenols is 1. The van der Waals surface area contributed by atoms with Gasteiger partial charge in [0.15, 0.2) is 0 Å². The average molecular weight is 390 g/mol. The number of halogens is 1. The monoisotopic (exact) mass is 389 g/mol. The molecule has 3 heteroatoms. The standard InChI is InChI=1S/C21H28BrNO/c1-15(2)23(16(3)4)13-12-19(17-8-6-5-7-9-17)20-14-18(22)10-11-21(20)24/h5-11,14-16,19,24H,12-13H2,1-4H3/t19-/m1/s1. The van der Waals surface area contributed by atoms with Gasteiger partial charge in [0.05, 0.1) is 0 Å². The minimum absolute atomic E-state index is 0.184. The number of hydrogen-bond donors (Lipinski definition) is 1. The van der Waals surface area contributed by atoms with E-state index in [4.69, 9.17) is 0 Å². The molecule has 130 valence electrons. The van der Waals surface area contributed by atoms with E-state index in [1.807, 2.05) is 18.2 Å². The number of nitrogens with zero attached hydrogens (tertiary/aromatic N) is 1. The summed E-state index contributed by atoms with van der Waals surface area (Å²) in [5.41, 5.74) is 2.24. The van der Waals surface area contributed by atoms with E-state index in [-0.39, 0.29) is 5.92 Å². The molecule has 0 saturated heterocycles. The van der Waals surface area contributed by atoms with Gasteiger partial charge in [0.25, 0.3) is 0 Å². The lowest BCUT2D eigenvalue weighted by Crippen LogP contribution is -2.38. The van der Waals surface area contributed by atoms with Crippen LogP contribution in [0.15, 0.2) is 53.0 Å². The number of phenolic OH excluding ortho intramolecular Hbond substituents is 1. The molecule has 0 heterocycles. The van der Waals surface area contributed by atoms with Crippen LogP contribution in [0.3, 0.4) is 0 Å². The van der Waals surface area contributed by atoms with E-state index in [0.29, 0.717) is 17.8 Å². The van der Waals surface area contributed by atoms with Crippen LogP contribution in [0.4, 0.5) is 0 Å².